The minimum atomic E-state index is -0.950. The zero-order chi connectivity index (χ0) is 23.4. The number of nitro benzene ring substituents is 2. The number of anilines is 1. The van der Waals surface area contributed by atoms with Crippen LogP contribution in [0.3, 0.4) is 0 Å². The summed E-state index contributed by atoms with van der Waals surface area (Å²) in [5, 5.41) is 27.7. The number of hydrogen-bond acceptors (Lipinski definition) is 9. The number of nitrogens with one attached hydrogen (secondary N) is 3. The molecule has 5 N–H and O–H groups in total. The van der Waals surface area contributed by atoms with Gasteiger partial charge in [0, 0.05) is 30.0 Å². The molecule has 1 heterocycles. The van der Waals surface area contributed by atoms with Crippen molar-refractivity contribution in [3.05, 3.63) is 78.7 Å². The Morgan fingerprint density at radius 1 is 1.12 bits per heavy atom. The average Bonchev–Trinajstić information content (AvgIpc) is 2.73. The fraction of sp³-hybridized carbons (Fsp3) is 0. The molecule has 15 heteroatoms. The lowest BCUT2D eigenvalue weighted by Gasteiger charge is -2.09. The summed E-state index contributed by atoms with van der Waals surface area (Å²) >= 11 is 4.66. The van der Waals surface area contributed by atoms with Crippen LogP contribution in [-0.2, 0) is 4.79 Å². The summed E-state index contributed by atoms with van der Waals surface area (Å²) < 4.78 is 0. The number of nitrogens with zero attached hydrogens (tertiary/aromatic N) is 4. The largest absolute Gasteiger partial charge is 0.375 e. The Morgan fingerprint density at radius 3 is 2.47 bits per heavy atom. The van der Waals surface area contributed by atoms with Crippen LogP contribution >= 0.6 is 12.2 Å². The van der Waals surface area contributed by atoms with Crippen LogP contribution in [0.15, 0.2) is 52.4 Å². The van der Waals surface area contributed by atoms with Gasteiger partial charge in [0.2, 0.25) is 0 Å². The lowest BCUT2D eigenvalue weighted by molar-refractivity contribution is -0.384. The topological polar surface area (TPSA) is 212 Å². The third kappa shape index (κ3) is 4.85. The average molecular weight is 456 g/mol. The summed E-state index contributed by atoms with van der Waals surface area (Å²) in [6, 6.07) is 8.64. The van der Waals surface area contributed by atoms with Crippen LogP contribution < -0.4 is 22.0 Å². The molecular formula is C17H12N8O6S. The number of benzene rings is 2. The number of H-pyrrole nitrogens is 1. The van der Waals surface area contributed by atoms with Crippen LogP contribution in [0.1, 0.15) is 5.69 Å². The van der Waals surface area contributed by atoms with Crippen molar-refractivity contribution in [3.8, 4) is 0 Å². The Hall–Kier alpha value is -4.79. The summed E-state index contributed by atoms with van der Waals surface area (Å²) in [6.07, 6.45) is 0. The van der Waals surface area contributed by atoms with Gasteiger partial charge in [-0.15, -0.1) is 0 Å². The molecule has 0 atom stereocenters. The number of hydrazone groups is 1. The molecule has 2 aromatic carbocycles. The van der Waals surface area contributed by atoms with E-state index < -0.39 is 32.7 Å². The van der Waals surface area contributed by atoms with Crippen molar-refractivity contribution in [2.75, 3.05) is 5.32 Å². The first-order chi connectivity index (χ1) is 15.2. The van der Waals surface area contributed by atoms with Crippen LogP contribution in [0, 0.1) is 20.2 Å². The predicted molar refractivity (Wildman–Crippen MR) is 117 cm³/mol. The maximum absolute atomic E-state index is 12.8. The zero-order valence-corrected chi connectivity index (χ0v) is 16.6. The molecule has 32 heavy (non-hydrogen) atoms. The zero-order valence-electron chi connectivity index (χ0n) is 15.8. The highest BCUT2D eigenvalue weighted by Gasteiger charge is 2.22. The van der Waals surface area contributed by atoms with Gasteiger partial charge in [-0.1, -0.05) is 6.07 Å². The molecule has 0 fully saturated rings. The predicted octanol–water partition coefficient (Wildman–Crippen LogP) is 0.915. The molecule has 0 aliphatic rings. The second-order valence-corrected chi connectivity index (χ2v) is 6.51. The molecule has 3 aromatic rings. The Bertz CT molecular complexity index is 1370. The van der Waals surface area contributed by atoms with Crippen molar-refractivity contribution >= 4 is 57.0 Å². The third-order valence-electron chi connectivity index (χ3n) is 3.92. The Labute approximate surface area is 182 Å². The van der Waals surface area contributed by atoms with Crippen molar-refractivity contribution in [3.63, 3.8) is 0 Å². The maximum Gasteiger partial charge on any atom is 0.278 e. The summed E-state index contributed by atoms with van der Waals surface area (Å²) in [5.41, 5.74) is 5.37. The first-order valence-corrected chi connectivity index (χ1v) is 8.94. The molecule has 0 saturated heterocycles. The Kier molecular flexibility index (Phi) is 6.11. The number of nitro groups is 2. The smallest absolute Gasteiger partial charge is 0.278 e. The van der Waals surface area contributed by atoms with E-state index in [2.05, 4.69) is 38.0 Å². The van der Waals surface area contributed by atoms with E-state index in [0.717, 1.165) is 12.1 Å². The second-order valence-electron chi connectivity index (χ2n) is 6.07. The van der Waals surface area contributed by atoms with Crippen LogP contribution in [0.5, 0.6) is 0 Å². The molecular weight excluding hydrogens is 444 g/mol. The highest BCUT2D eigenvalue weighted by atomic mass is 32.1. The number of aromatic nitrogens is 2. The van der Waals surface area contributed by atoms with Gasteiger partial charge in [-0.05, 0) is 24.4 Å². The minimum Gasteiger partial charge on any atom is -0.375 e. The summed E-state index contributed by atoms with van der Waals surface area (Å²) in [7, 11) is 0. The number of rotatable bonds is 6. The molecule has 0 aliphatic carbocycles. The SMILES string of the molecule is NC(=S)N/N=C(/C(=O)Nc1cccc([N+](=O)[O-])c1)c1nc2ccc([N+](=O)[O-])cc2[nH]c1=O. The lowest BCUT2D eigenvalue weighted by Crippen LogP contribution is -2.34. The van der Waals surface area contributed by atoms with Crippen molar-refractivity contribution in [2.24, 2.45) is 10.8 Å². The van der Waals surface area contributed by atoms with Gasteiger partial charge in [0.05, 0.1) is 20.9 Å². The molecule has 0 bridgehead atoms. The van der Waals surface area contributed by atoms with E-state index in [1.807, 2.05) is 0 Å². The number of thiocarbonyl (C=S) groups is 1. The first kappa shape index (κ1) is 21.9. The number of amides is 1. The highest BCUT2D eigenvalue weighted by Crippen LogP contribution is 2.18. The molecule has 0 unspecified atom stereocenters. The normalized spacial score (nSPS) is 11.1. The molecule has 162 valence electrons. The summed E-state index contributed by atoms with van der Waals surface area (Å²) in [5.74, 6) is -0.950. The molecule has 14 nitrogen and oxygen atoms in total. The number of non-ortho nitro benzene ring substituents is 2. The van der Waals surface area contributed by atoms with Gasteiger partial charge in [0.25, 0.3) is 22.8 Å². The van der Waals surface area contributed by atoms with Gasteiger partial charge >= 0.3 is 0 Å². The molecule has 1 amide bonds. The van der Waals surface area contributed by atoms with Gasteiger partial charge in [-0.3, -0.25) is 35.2 Å². The Morgan fingerprint density at radius 2 is 1.81 bits per heavy atom. The quantitative estimate of drug-likeness (QED) is 0.178. The summed E-state index contributed by atoms with van der Waals surface area (Å²) in [6.45, 7) is 0. The second kappa shape index (κ2) is 8.92. The van der Waals surface area contributed by atoms with Crippen LogP contribution in [0.4, 0.5) is 17.1 Å². The molecule has 0 saturated carbocycles. The van der Waals surface area contributed by atoms with Crippen LogP contribution in [0.2, 0.25) is 0 Å². The molecule has 3 rings (SSSR count). The molecule has 0 spiro atoms. The van der Waals surface area contributed by atoms with Crippen molar-refractivity contribution in [2.45, 2.75) is 0 Å². The molecule has 1 aromatic heterocycles. The highest BCUT2D eigenvalue weighted by molar-refractivity contribution is 7.80. The lowest BCUT2D eigenvalue weighted by atomic mass is 10.2. The Balaban J connectivity index is 2.05. The van der Waals surface area contributed by atoms with Crippen LogP contribution in [-0.4, -0.2) is 36.5 Å². The number of nitrogens with two attached hydrogens (primary N) is 1. The van der Waals surface area contributed by atoms with Gasteiger partial charge < -0.3 is 16.0 Å². The fourth-order valence-electron chi connectivity index (χ4n) is 2.56. The van der Waals surface area contributed by atoms with Gasteiger partial charge in [-0.2, -0.15) is 5.10 Å². The van der Waals surface area contributed by atoms with Crippen molar-refractivity contribution in [1.82, 2.24) is 15.4 Å². The third-order valence-corrected chi connectivity index (χ3v) is 4.01. The van der Waals surface area contributed by atoms with E-state index in [9.17, 15) is 29.8 Å². The van der Waals surface area contributed by atoms with E-state index in [1.54, 1.807) is 0 Å². The van der Waals surface area contributed by atoms with Gasteiger partial charge in [-0.25, -0.2) is 4.98 Å². The molecule has 0 radical (unpaired) electrons. The number of carbonyl (C=O) groups excluding carboxylic acids is 1. The standard InChI is InChI=1S/C17H12N8O6S/c18-17(32)23-22-14(16(27)19-8-2-1-3-9(6-8)24(28)29)13-15(26)21-12-7-10(25(30)31)4-5-11(12)20-13/h1-7H,(H,19,27)(H,21,26)(H3,18,23,32)/b22-14+. The van der Waals surface area contributed by atoms with Crippen LogP contribution in [0.25, 0.3) is 11.0 Å². The van der Waals surface area contributed by atoms with Crippen molar-refractivity contribution < 1.29 is 14.6 Å². The first-order valence-electron chi connectivity index (χ1n) is 8.53. The number of fused-ring (bicyclic) bond motifs is 1. The maximum atomic E-state index is 12.8. The molecule has 0 aliphatic heterocycles. The van der Waals surface area contributed by atoms with E-state index in [4.69, 9.17) is 5.73 Å². The van der Waals surface area contributed by atoms with E-state index >= 15 is 0 Å². The number of carbonyl (C=O) groups is 1. The minimum absolute atomic E-state index is 0.0556. The van der Waals surface area contributed by atoms with E-state index in [0.29, 0.717) is 0 Å². The monoisotopic (exact) mass is 456 g/mol. The van der Waals surface area contributed by atoms with E-state index in [1.165, 1.54) is 30.3 Å². The van der Waals surface area contributed by atoms with E-state index in [-0.39, 0.29) is 33.2 Å². The summed E-state index contributed by atoms with van der Waals surface area (Å²) in [4.78, 5) is 52.4. The van der Waals surface area contributed by atoms with Crippen molar-refractivity contribution in [1.29, 1.82) is 0 Å². The fourth-order valence-corrected chi connectivity index (χ4v) is 2.60. The number of hydrogen-bond donors (Lipinski definition) is 4. The van der Waals surface area contributed by atoms with Gasteiger partial charge in [0.15, 0.2) is 16.5 Å². The van der Waals surface area contributed by atoms with Gasteiger partial charge in [0.1, 0.15) is 0 Å². The number of aromatic amines is 1.